The molecule has 1 aliphatic rings. The van der Waals surface area contributed by atoms with E-state index in [1.165, 1.54) is 0 Å². The third-order valence-electron chi connectivity index (χ3n) is 2.91. The van der Waals surface area contributed by atoms with Gasteiger partial charge in [0.2, 0.25) is 5.91 Å². The summed E-state index contributed by atoms with van der Waals surface area (Å²) in [4.78, 5) is 24.0. The first-order chi connectivity index (χ1) is 8.13. The maximum atomic E-state index is 11.5. The van der Waals surface area contributed by atoms with Crippen molar-refractivity contribution >= 4 is 11.9 Å². The lowest BCUT2D eigenvalue weighted by Crippen LogP contribution is -2.44. The Morgan fingerprint density at radius 1 is 1.35 bits per heavy atom. The number of amides is 1. The van der Waals surface area contributed by atoms with Crippen LogP contribution in [0.1, 0.15) is 25.7 Å². The van der Waals surface area contributed by atoms with Crippen LogP contribution in [0, 0.1) is 12.3 Å². The Bertz CT molecular complexity index is 316. The summed E-state index contributed by atoms with van der Waals surface area (Å²) in [5.74, 6) is 1.20. The minimum atomic E-state index is -0.901. The zero-order valence-electron chi connectivity index (χ0n) is 9.82. The number of hydrogen-bond donors (Lipinski definition) is 2. The molecule has 2 N–H and O–H groups in total. The van der Waals surface area contributed by atoms with Gasteiger partial charge in [-0.25, -0.2) is 0 Å². The summed E-state index contributed by atoms with van der Waals surface area (Å²) in [7, 11) is 0. The SMILES string of the molecule is C#CCNC(=O)CN(CC(=O)O)C1CCCC1. The largest absolute Gasteiger partial charge is 0.480 e. The van der Waals surface area contributed by atoms with Crippen LogP contribution in [0.25, 0.3) is 0 Å². The molecule has 17 heavy (non-hydrogen) atoms. The van der Waals surface area contributed by atoms with Crippen molar-refractivity contribution in [3.8, 4) is 12.3 Å². The van der Waals surface area contributed by atoms with E-state index in [9.17, 15) is 9.59 Å². The number of terminal acetylenes is 1. The lowest BCUT2D eigenvalue weighted by atomic mass is 10.2. The van der Waals surface area contributed by atoms with Gasteiger partial charge in [-0.3, -0.25) is 14.5 Å². The number of carbonyl (C=O) groups excluding carboxylic acids is 1. The first-order valence-electron chi connectivity index (χ1n) is 5.79. The predicted molar refractivity (Wildman–Crippen MR) is 63.3 cm³/mol. The molecule has 0 atom stereocenters. The monoisotopic (exact) mass is 238 g/mol. The number of rotatable bonds is 6. The van der Waals surface area contributed by atoms with Crippen LogP contribution in [0.5, 0.6) is 0 Å². The molecule has 0 heterocycles. The van der Waals surface area contributed by atoms with Crippen LogP contribution in [0.4, 0.5) is 0 Å². The summed E-state index contributed by atoms with van der Waals surface area (Å²) in [5, 5.41) is 11.4. The van der Waals surface area contributed by atoms with Crippen LogP contribution in [-0.4, -0.2) is 47.6 Å². The molecular formula is C12H18N2O3. The second-order valence-electron chi connectivity index (χ2n) is 4.22. The van der Waals surface area contributed by atoms with E-state index in [-0.39, 0.29) is 31.6 Å². The normalized spacial score (nSPS) is 15.8. The molecule has 1 amide bonds. The molecule has 0 unspecified atom stereocenters. The first-order valence-corrected chi connectivity index (χ1v) is 5.79. The standard InChI is InChI=1S/C12H18N2O3/c1-2-7-13-11(15)8-14(9-12(16)17)10-5-3-4-6-10/h1,10H,3-9H2,(H,13,15)(H,16,17). The summed E-state index contributed by atoms with van der Waals surface area (Å²) in [5.41, 5.74) is 0. The van der Waals surface area contributed by atoms with E-state index in [4.69, 9.17) is 11.5 Å². The van der Waals surface area contributed by atoms with E-state index in [2.05, 4.69) is 11.2 Å². The Labute approximate surface area is 101 Å². The average Bonchev–Trinajstić information content (AvgIpc) is 2.78. The molecule has 0 aromatic heterocycles. The van der Waals surface area contributed by atoms with Crippen molar-refractivity contribution in [1.29, 1.82) is 0 Å². The molecule has 5 nitrogen and oxygen atoms in total. The zero-order chi connectivity index (χ0) is 12.7. The van der Waals surface area contributed by atoms with E-state index in [0.29, 0.717) is 0 Å². The molecule has 94 valence electrons. The highest BCUT2D eigenvalue weighted by atomic mass is 16.4. The van der Waals surface area contributed by atoms with Gasteiger partial charge >= 0.3 is 5.97 Å². The highest BCUT2D eigenvalue weighted by Crippen LogP contribution is 2.22. The highest BCUT2D eigenvalue weighted by Gasteiger charge is 2.25. The fourth-order valence-corrected chi connectivity index (χ4v) is 2.15. The molecule has 0 radical (unpaired) electrons. The fourth-order valence-electron chi connectivity index (χ4n) is 2.15. The van der Waals surface area contributed by atoms with Crippen molar-refractivity contribution in [2.75, 3.05) is 19.6 Å². The van der Waals surface area contributed by atoms with Gasteiger partial charge in [-0.05, 0) is 12.8 Å². The Morgan fingerprint density at radius 2 is 2.00 bits per heavy atom. The number of carboxylic acid groups (broad SMARTS) is 1. The van der Waals surface area contributed by atoms with Crippen LogP contribution in [0.3, 0.4) is 0 Å². The minimum absolute atomic E-state index is 0.0891. The van der Waals surface area contributed by atoms with Gasteiger partial charge in [0, 0.05) is 6.04 Å². The number of aliphatic carboxylic acids is 1. The van der Waals surface area contributed by atoms with Crippen LogP contribution < -0.4 is 5.32 Å². The van der Waals surface area contributed by atoms with E-state index >= 15 is 0 Å². The topological polar surface area (TPSA) is 69.6 Å². The number of nitrogens with one attached hydrogen (secondary N) is 1. The quantitative estimate of drug-likeness (QED) is 0.642. The van der Waals surface area contributed by atoms with E-state index in [1.807, 2.05) is 0 Å². The van der Waals surface area contributed by atoms with Crippen molar-refractivity contribution in [3.05, 3.63) is 0 Å². The van der Waals surface area contributed by atoms with Crippen molar-refractivity contribution in [2.24, 2.45) is 0 Å². The lowest BCUT2D eigenvalue weighted by molar-refractivity contribution is -0.139. The fraction of sp³-hybridized carbons (Fsp3) is 0.667. The summed E-state index contributed by atoms with van der Waals surface area (Å²) in [6.07, 6.45) is 9.18. The van der Waals surface area contributed by atoms with E-state index in [1.54, 1.807) is 4.90 Å². The summed E-state index contributed by atoms with van der Waals surface area (Å²) in [6.45, 7) is 0.206. The maximum Gasteiger partial charge on any atom is 0.317 e. The third kappa shape index (κ3) is 4.87. The predicted octanol–water partition coefficient (Wildman–Crippen LogP) is 0.0650. The second-order valence-corrected chi connectivity index (χ2v) is 4.22. The smallest absolute Gasteiger partial charge is 0.317 e. The van der Waals surface area contributed by atoms with Gasteiger partial charge in [0.15, 0.2) is 0 Å². The Hall–Kier alpha value is -1.54. The summed E-state index contributed by atoms with van der Waals surface area (Å²) in [6, 6.07) is 0.211. The average molecular weight is 238 g/mol. The number of carbonyl (C=O) groups is 2. The van der Waals surface area contributed by atoms with Gasteiger partial charge in [-0.15, -0.1) is 6.42 Å². The first kappa shape index (κ1) is 13.5. The Balaban J connectivity index is 2.48. The minimum Gasteiger partial charge on any atom is -0.480 e. The molecule has 1 aliphatic carbocycles. The second kappa shape index (κ2) is 6.92. The molecule has 0 aromatic carbocycles. The molecule has 0 aliphatic heterocycles. The van der Waals surface area contributed by atoms with Gasteiger partial charge in [0.1, 0.15) is 0 Å². The van der Waals surface area contributed by atoms with Gasteiger partial charge in [0.05, 0.1) is 19.6 Å². The molecule has 1 fully saturated rings. The van der Waals surface area contributed by atoms with Crippen LogP contribution in [-0.2, 0) is 9.59 Å². The molecule has 0 bridgehead atoms. The number of hydrogen-bond acceptors (Lipinski definition) is 3. The van der Waals surface area contributed by atoms with Crippen LogP contribution >= 0.6 is 0 Å². The molecule has 5 heteroatoms. The van der Waals surface area contributed by atoms with Gasteiger partial charge in [-0.2, -0.15) is 0 Å². The molecule has 0 aromatic rings. The molecular weight excluding hydrogens is 220 g/mol. The molecule has 1 rings (SSSR count). The molecule has 1 saturated carbocycles. The van der Waals surface area contributed by atoms with E-state index < -0.39 is 5.97 Å². The maximum absolute atomic E-state index is 11.5. The van der Waals surface area contributed by atoms with E-state index in [0.717, 1.165) is 25.7 Å². The van der Waals surface area contributed by atoms with Crippen molar-refractivity contribution in [1.82, 2.24) is 10.2 Å². The van der Waals surface area contributed by atoms with Crippen LogP contribution in [0.2, 0.25) is 0 Å². The van der Waals surface area contributed by atoms with Crippen molar-refractivity contribution < 1.29 is 14.7 Å². The van der Waals surface area contributed by atoms with Gasteiger partial charge in [0.25, 0.3) is 0 Å². The van der Waals surface area contributed by atoms with Gasteiger partial charge < -0.3 is 10.4 Å². The molecule has 0 spiro atoms. The number of nitrogens with zero attached hydrogens (tertiary/aromatic N) is 1. The lowest BCUT2D eigenvalue weighted by Gasteiger charge is -2.26. The summed E-state index contributed by atoms with van der Waals surface area (Å²) >= 11 is 0. The van der Waals surface area contributed by atoms with Crippen molar-refractivity contribution in [2.45, 2.75) is 31.7 Å². The Morgan fingerprint density at radius 3 is 2.53 bits per heavy atom. The van der Waals surface area contributed by atoms with Crippen molar-refractivity contribution in [3.63, 3.8) is 0 Å². The number of carboxylic acids is 1. The third-order valence-corrected chi connectivity index (χ3v) is 2.91. The molecule has 0 saturated heterocycles. The van der Waals surface area contributed by atoms with Gasteiger partial charge in [-0.1, -0.05) is 18.8 Å². The Kier molecular flexibility index (Phi) is 5.50. The summed E-state index contributed by atoms with van der Waals surface area (Å²) < 4.78 is 0. The zero-order valence-corrected chi connectivity index (χ0v) is 9.82. The van der Waals surface area contributed by atoms with Crippen LogP contribution in [0.15, 0.2) is 0 Å². The highest BCUT2D eigenvalue weighted by molar-refractivity contribution is 5.79.